The monoisotopic (exact) mass is 158 g/mol. The number of carbonyl (C=O) groups excluding carboxylic acids is 1. The number of hydrogen-bond donors (Lipinski definition) is 0. The van der Waals surface area contributed by atoms with E-state index < -0.39 is 0 Å². The molecule has 0 heterocycles. The number of rotatable bonds is 1. The van der Waals surface area contributed by atoms with Gasteiger partial charge < -0.3 is 0 Å². The van der Waals surface area contributed by atoms with E-state index in [0.717, 1.165) is 18.3 Å². The van der Waals surface area contributed by atoms with Gasteiger partial charge in [-0.2, -0.15) is 0 Å². The highest BCUT2D eigenvalue weighted by Crippen LogP contribution is 2.00. The van der Waals surface area contributed by atoms with E-state index in [2.05, 4.69) is 11.8 Å². The van der Waals surface area contributed by atoms with Crippen LogP contribution < -0.4 is 0 Å². The Hall–Kier alpha value is -1.55. The molecule has 60 valence electrons. The Morgan fingerprint density at radius 1 is 1.33 bits per heavy atom. The minimum atomic E-state index is 0.692. The van der Waals surface area contributed by atoms with Gasteiger partial charge in [0, 0.05) is 17.5 Å². The lowest BCUT2D eigenvalue weighted by Crippen LogP contribution is -1.79. The molecule has 0 aliphatic heterocycles. The van der Waals surface area contributed by atoms with E-state index in [9.17, 15) is 4.79 Å². The normalized spacial score (nSPS) is 8.42. The summed E-state index contributed by atoms with van der Waals surface area (Å²) in [7, 11) is 0. The second-order valence-electron chi connectivity index (χ2n) is 2.40. The van der Waals surface area contributed by atoms with E-state index >= 15 is 0 Å². The number of hydrogen-bond acceptors (Lipinski definition) is 1. The highest BCUT2D eigenvalue weighted by Gasteiger charge is 1.88. The van der Waals surface area contributed by atoms with Gasteiger partial charge in [-0.15, -0.1) is 0 Å². The van der Waals surface area contributed by atoms with Gasteiger partial charge in [0.2, 0.25) is 0 Å². The van der Waals surface area contributed by atoms with Crippen LogP contribution in [0.1, 0.15) is 29.3 Å². The largest absolute Gasteiger partial charge is 0.298 e. The Morgan fingerprint density at radius 3 is 2.50 bits per heavy atom. The average molecular weight is 158 g/mol. The van der Waals surface area contributed by atoms with Crippen LogP contribution in [0.2, 0.25) is 0 Å². The average Bonchev–Trinajstić information content (AvgIpc) is 2.15. The zero-order chi connectivity index (χ0) is 8.81. The SMILES string of the molecule is CCC#Cc1ccc(C=O)cc1. The lowest BCUT2D eigenvalue weighted by Gasteiger charge is -1.89. The third kappa shape index (κ3) is 2.25. The predicted octanol–water partition coefficient (Wildman–Crippen LogP) is 2.26. The fourth-order valence-corrected chi connectivity index (χ4v) is 0.835. The first-order valence-electron chi connectivity index (χ1n) is 3.91. The Balaban J connectivity index is 2.84. The molecule has 0 unspecified atom stereocenters. The van der Waals surface area contributed by atoms with Crippen molar-refractivity contribution in [2.75, 3.05) is 0 Å². The molecule has 1 aromatic rings. The smallest absolute Gasteiger partial charge is 0.150 e. The fraction of sp³-hybridized carbons (Fsp3) is 0.182. The summed E-state index contributed by atoms with van der Waals surface area (Å²) in [4.78, 5) is 10.3. The quantitative estimate of drug-likeness (QED) is 0.452. The molecule has 1 nitrogen and oxygen atoms in total. The molecule has 12 heavy (non-hydrogen) atoms. The molecule has 0 radical (unpaired) electrons. The van der Waals surface area contributed by atoms with Gasteiger partial charge in [-0.05, 0) is 12.1 Å². The Labute approximate surface area is 72.4 Å². The van der Waals surface area contributed by atoms with E-state index in [0.29, 0.717) is 5.56 Å². The maximum Gasteiger partial charge on any atom is 0.150 e. The van der Waals surface area contributed by atoms with Crippen molar-refractivity contribution in [1.82, 2.24) is 0 Å². The van der Waals surface area contributed by atoms with Gasteiger partial charge >= 0.3 is 0 Å². The summed E-state index contributed by atoms with van der Waals surface area (Å²) in [5.74, 6) is 5.94. The number of aldehydes is 1. The second kappa shape index (κ2) is 4.35. The minimum Gasteiger partial charge on any atom is -0.298 e. The zero-order valence-corrected chi connectivity index (χ0v) is 7.00. The van der Waals surface area contributed by atoms with Crippen LogP contribution in [0.3, 0.4) is 0 Å². The minimum absolute atomic E-state index is 0.692. The van der Waals surface area contributed by atoms with Gasteiger partial charge in [0.15, 0.2) is 0 Å². The molecule has 0 saturated heterocycles. The fourth-order valence-electron chi connectivity index (χ4n) is 0.835. The highest BCUT2D eigenvalue weighted by atomic mass is 16.1. The van der Waals surface area contributed by atoms with Gasteiger partial charge in [-0.3, -0.25) is 4.79 Å². The summed E-state index contributed by atoms with van der Waals surface area (Å²) in [6, 6.07) is 7.25. The molecule has 0 saturated carbocycles. The van der Waals surface area contributed by atoms with Gasteiger partial charge in [-0.1, -0.05) is 30.9 Å². The summed E-state index contributed by atoms with van der Waals surface area (Å²) in [6.07, 6.45) is 1.69. The molecule has 1 aromatic carbocycles. The molecule has 0 aliphatic rings. The molecule has 0 bridgehead atoms. The van der Waals surface area contributed by atoms with Crippen molar-refractivity contribution < 1.29 is 4.79 Å². The van der Waals surface area contributed by atoms with Crippen molar-refractivity contribution >= 4 is 6.29 Å². The summed E-state index contributed by atoms with van der Waals surface area (Å²) in [6.45, 7) is 2.01. The summed E-state index contributed by atoms with van der Waals surface area (Å²) in [5, 5.41) is 0. The van der Waals surface area contributed by atoms with Crippen LogP contribution in [0.15, 0.2) is 24.3 Å². The first-order chi connectivity index (χ1) is 5.86. The Kier molecular flexibility index (Phi) is 3.10. The lowest BCUT2D eigenvalue weighted by atomic mass is 10.1. The third-order valence-corrected chi connectivity index (χ3v) is 1.46. The Bertz CT molecular complexity index is 311. The van der Waals surface area contributed by atoms with Gasteiger partial charge in [0.05, 0.1) is 0 Å². The molecule has 1 rings (SSSR count). The van der Waals surface area contributed by atoms with E-state index in [-0.39, 0.29) is 0 Å². The van der Waals surface area contributed by atoms with Crippen molar-refractivity contribution in [1.29, 1.82) is 0 Å². The summed E-state index contributed by atoms with van der Waals surface area (Å²) >= 11 is 0. The summed E-state index contributed by atoms with van der Waals surface area (Å²) < 4.78 is 0. The second-order valence-corrected chi connectivity index (χ2v) is 2.40. The van der Waals surface area contributed by atoms with Crippen LogP contribution in [-0.2, 0) is 0 Å². The molecule has 0 amide bonds. The number of benzene rings is 1. The van der Waals surface area contributed by atoms with Gasteiger partial charge in [0.25, 0.3) is 0 Å². The first kappa shape index (κ1) is 8.55. The van der Waals surface area contributed by atoms with E-state index in [1.807, 2.05) is 19.1 Å². The van der Waals surface area contributed by atoms with E-state index in [1.165, 1.54) is 0 Å². The summed E-state index contributed by atoms with van der Waals surface area (Å²) in [5.41, 5.74) is 1.65. The van der Waals surface area contributed by atoms with Crippen molar-refractivity contribution in [2.24, 2.45) is 0 Å². The van der Waals surface area contributed by atoms with Crippen molar-refractivity contribution in [3.63, 3.8) is 0 Å². The molecule has 0 aromatic heterocycles. The van der Waals surface area contributed by atoms with Crippen LogP contribution >= 0.6 is 0 Å². The van der Waals surface area contributed by atoms with Crippen LogP contribution in [0.5, 0.6) is 0 Å². The van der Waals surface area contributed by atoms with Crippen molar-refractivity contribution in [3.05, 3.63) is 35.4 Å². The van der Waals surface area contributed by atoms with Crippen molar-refractivity contribution in [2.45, 2.75) is 13.3 Å². The van der Waals surface area contributed by atoms with Crippen LogP contribution in [0.4, 0.5) is 0 Å². The molecule has 0 spiro atoms. The van der Waals surface area contributed by atoms with Crippen LogP contribution in [0, 0.1) is 11.8 Å². The van der Waals surface area contributed by atoms with E-state index in [1.54, 1.807) is 12.1 Å². The maximum atomic E-state index is 10.3. The highest BCUT2D eigenvalue weighted by molar-refractivity contribution is 5.74. The van der Waals surface area contributed by atoms with Crippen LogP contribution in [-0.4, -0.2) is 6.29 Å². The lowest BCUT2D eigenvalue weighted by molar-refractivity contribution is 0.112. The third-order valence-electron chi connectivity index (χ3n) is 1.46. The van der Waals surface area contributed by atoms with Crippen LogP contribution in [0.25, 0.3) is 0 Å². The topological polar surface area (TPSA) is 17.1 Å². The maximum absolute atomic E-state index is 10.3. The molecule has 1 heteroatoms. The molecule has 0 aliphatic carbocycles. The molecule has 0 fully saturated rings. The predicted molar refractivity (Wildman–Crippen MR) is 49.0 cm³/mol. The molecule has 0 N–H and O–H groups in total. The number of carbonyl (C=O) groups is 1. The first-order valence-corrected chi connectivity index (χ1v) is 3.91. The van der Waals surface area contributed by atoms with E-state index in [4.69, 9.17) is 0 Å². The molecule has 0 atom stereocenters. The van der Waals surface area contributed by atoms with Gasteiger partial charge in [0.1, 0.15) is 6.29 Å². The van der Waals surface area contributed by atoms with Crippen molar-refractivity contribution in [3.8, 4) is 11.8 Å². The molecular weight excluding hydrogens is 148 g/mol. The Morgan fingerprint density at radius 2 is 2.00 bits per heavy atom. The zero-order valence-electron chi connectivity index (χ0n) is 7.00. The standard InChI is InChI=1S/C11H10O/c1-2-3-4-10-5-7-11(9-12)8-6-10/h5-9H,2H2,1H3. The molecular formula is C11H10O. The van der Waals surface area contributed by atoms with Gasteiger partial charge in [-0.25, -0.2) is 0 Å².